The quantitative estimate of drug-likeness (QED) is 0.853. The summed E-state index contributed by atoms with van der Waals surface area (Å²) < 4.78 is 0. The monoisotopic (exact) mass is 242 g/mol. The molecular formula is C15H18N2O. The molecule has 1 N–H and O–H groups in total. The number of nitrogens with zero attached hydrogens (tertiary/aromatic N) is 1. The van der Waals surface area contributed by atoms with Gasteiger partial charge in [-0.05, 0) is 17.6 Å². The topological polar surface area (TPSA) is 32.3 Å². The molecule has 94 valence electrons. The number of carbonyl (C=O) groups excluding carboxylic acids is 1. The molecule has 1 amide bonds. The second kappa shape index (κ2) is 4.94. The van der Waals surface area contributed by atoms with E-state index in [-0.39, 0.29) is 5.92 Å². The first-order chi connectivity index (χ1) is 8.84. The van der Waals surface area contributed by atoms with E-state index in [0.717, 1.165) is 32.6 Å². The molecule has 18 heavy (non-hydrogen) atoms. The molecule has 0 unspecified atom stereocenters. The maximum Gasteiger partial charge on any atom is 0.228 e. The highest BCUT2D eigenvalue weighted by molar-refractivity contribution is 5.81. The molecule has 0 aromatic heterocycles. The van der Waals surface area contributed by atoms with Gasteiger partial charge in [0.15, 0.2) is 0 Å². The predicted octanol–water partition coefficient (Wildman–Crippen LogP) is 1.52. The Morgan fingerprint density at radius 2 is 2.00 bits per heavy atom. The average molecular weight is 242 g/mol. The molecule has 2 heterocycles. The summed E-state index contributed by atoms with van der Waals surface area (Å²) in [6.45, 7) is 3.32. The number of benzene rings is 1. The standard InChI is InChI=1S/C15H18N2O/c18-15(14-10-16-11-14)17-8-6-13(7-9-17)12-4-2-1-3-5-12/h1-6,14,16H,7-11H2. The van der Waals surface area contributed by atoms with Crippen LogP contribution in [0.5, 0.6) is 0 Å². The number of hydrogen-bond donors (Lipinski definition) is 1. The van der Waals surface area contributed by atoms with Crippen molar-refractivity contribution < 1.29 is 4.79 Å². The molecule has 3 rings (SSSR count). The van der Waals surface area contributed by atoms with Gasteiger partial charge in [-0.3, -0.25) is 4.79 Å². The van der Waals surface area contributed by atoms with Gasteiger partial charge < -0.3 is 10.2 Å². The number of rotatable bonds is 2. The molecule has 0 bridgehead atoms. The van der Waals surface area contributed by atoms with E-state index in [4.69, 9.17) is 0 Å². The summed E-state index contributed by atoms with van der Waals surface area (Å²) in [5.41, 5.74) is 2.65. The van der Waals surface area contributed by atoms with E-state index in [0.29, 0.717) is 5.91 Å². The van der Waals surface area contributed by atoms with Gasteiger partial charge in [-0.15, -0.1) is 0 Å². The van der Waals surface area contributed by atoms with E-state index in [1.54, 1.807) is 0 Å². The SMILES string of the molecule is O=C(C1CNC1)N1CC=C(c2ccccc2)CC1. The molecular weight excluding hydrogens is 224 g/mol. The fourth-order valence-electron chi connectivity index (χ4n) is 2.51. The molecule has 0 radical (unpaired) electrons. The van der Waals surface area contributed by atoms with Crippen LogP contribution in [0.1, 0.15) is 12.0 Å². The number of amides is 1. The first-order valence-electron chi connectivity index (χ1n) is 6.58. The minimum Gasteiger partial charge on any atom is -0.338 e. The predicted molar refractivity (Wildman–Crippen MR) is 72.0 cm³/mol. The average Bonchev–Trinajstić information content (AvgIpc) is 2.38. The Balaban J connectivity index is 1.66. The van der Waals surface area contributed by atoms with Crippen molar-refractivity contribution in [2.75, 3.05) is 26.2 Å². The third-order valence-corrected chi connectivity index (χ3v) is 3.80. The Morgan fingerprint density at radius 1 is 1.22 bits per heavy atom. The van der Waals surface area contributed by atoms with Gasteiger partial charge in [-0.2, -0.15) is 0 Å². The van der Waals surface area contributed by atoms with Gasteiger partial charge in [0.1, 0.15) is 0 Å². The summed E-state index contributed by atoms with van der Waals surface area (Å²) in [5, 5.41) is 3.15. The zero-order valence-electron chi connectivity index (χ0n) is 10.4. The zero-order chi connectivity index (χ0) is 12.4. The Bertz CT molecular complexity index is 463. The molecule has 0 atom stereocenters. The third-order valence-electron chi connectivity index (χ3n) is 3.80. The van der Waals surface area contributed by atoms with E-state index < -0.39 is 0 Å². The molecule has 1 aromatic rings. The summed E-state index contributed by atoms with van der Waals surface area (Å²) >= 11 is 0. The Labute approximate surface area is 107 Å². The van der Waals surface area contributed by atoms with E-state index in [1.165, 1.54) is 11.1 Å². The highest BCUT2D eigenvalue weighted by atomic mass is 16.2. The summed E-state index contributed by atoms with van der Waals surface area (Å²) in [6.07, 6.45) is 3.17. The fourth-order valence-corrected chi connectivity index (χ4v) is 2.51. The maximum absolute atomic E-state index is 12.1. The highest BCUT2D eigenvalue weighted by Gasteiger charge is 2.29. The molecule has 1 fully saturated rings. The first-order valence-corrected chi connectivity index (χ1v) is 6.58. The lowest BCUT2D eigenvalue weighted by Crippen LogP contribution is -2.52. The lowest BCUT2D eigenvalue weighted by atomic mass is 9.97. The van der Waals surface area contributed by atoms with Crippen LogP contribution in [0.4, 0.5) is 0 Å². The smallest absolute Gasteiger partial charge is 0.228 e. The first kappa shape index (κ1) is 11.5. The highest BCUT2D eigenvalue weighted by Crippen LogP contribution is 2.23. The van der Waals surface area contributed by atoms with Crippen molar-refractivity contribution in [3.8, 4) is 0 Å². The molecule has 3 nitrogen and oxygen atoms in total. The van der Waals surface area contributed by atoms with Crippen LogP contribution in [0.15, 0.2) is 36.4 Å². The van der Waals surface area contributed by atoms with Crippen LogP contribution in [0.2, 0.25) is 0 Å². The molecule has 2 aliphatic heterocycles. The van der Waals surface area contributed by atoms with Crippen LogP contribution >= 0.6 is 0 Å². The summed E-state index contributed by atoms with van der Waals surface area (Å²) in [6, 6.07) is 10.4. The molecule has 2 aliphatic rings. The van der Waals surface area contributed by atoms with Gasteiger partial charge in [-0.25, -0.2) is 0 Å². The van der Waals surface area contributed by atoms with Crippen LogP contribution in [0.25, 0.3) is 5.57 Å². The van der Waals surface area contributed by atoms with Crippen molar-refractivity contribution >= 4 is 11.5 Å². The van der Waals surface area contributed by atoms with Gasteiger partial charge >= 0.3 is 0 Å². The zero-order valence-corrected chi connectivity index (χ0v) is 10.4. The minimum absolute atomic E-state index is 0.219. The largest absolute Gasteiger partial charge is 0.338 e. The van der Waals surface area contributed by atoms with Crippen LogP contribution in [0.3, 0.4) is 0 Å². The van der Waals surface area contributed by atoms with Gasteiger partial charge in [0, 0.05) is 26.2 Å². The Morgan fingerprint density at radius 3 is 2.56 bits per heavy atom. The number of nitrogens with one attached hydrogen (secondary N) is 1. The van der Waals surface area contributed by atoms with E-state index in [2.05, 4.69) is 35.7 Å². The van der Waals surface area contributed by atoms with Crippen LogP contribution in [0, 0.1) is 5.92 Å². The van der Waals surface area contributed by atoms with Crippen molar-refractivity contribution in [2.24, 2.45) is 5.92 Å². The van der Waals surface area contributed by atoms with E-state index in [1.807, 2.05) is 11.0 Å². The van der Waals surface area contributed by atoms with E-state index >= 15 is 0 Å². The molecule has 0 aliphatic carbocycles. The number of hydrogen-bond acceptors (Lipinski definition) is 2. The second-order valence-corrected chi connectivity index (χ2v) is 4.98. The van der Waals surface area contributed by atoms with Crippen molar-refractivity contribution in [1.29, 1.82) is 0 Å². The molecule has 1 aromatic carbocycles. The molecule has 1 saturated heterocycles. The Hall–Kier alpha value is -1.61. The van der Waals surface area contributed by atoms with Crippen molar-refractivity contribution in [3.63, 3.8) is 0 Å². The second-order valence-electron chi connectivity index (χ2n) is 4.98. The third kappa shape index (κ3) is 2.18. The Kier molecular flexibility index (Phi) is 3.15. The van der Waals surface area contributed by atoms with Crippen LogP contribution in [-0.4, -0.2) is 37.0 Å². The maximum atomic E-state index is 12.1. The summed E-state index contributed by atoms with van der Waals surface area (Å²) in [4.78, 5) is 14.1. The van der Waals surface area contributed by atoms with Crippen molar-refractivity contribution in [1.82, 2.24) is 10.2 Å². The van der Waals surface area contributed by atoms with E-state index in [9.17, 15) is 4.79 Å². The van der Waals surface area contributed by atoms with Crippen LogP contribution < -0.4 is 5.32 Å². The minimum atomic E-state index is 0.219. The van der Waals surface area contributed by atoms with Gasteiger partial charge in [0.2, 0.25) is 5.91 Å². The summed E-state index contributed by atoms with van der Waals surface area (Å²) in [5.74, 6) is 0.536. The lowest BCUT2D eigenvalue weighted by molar-refractivity contribution is -0.136. The summed E-state index contributed by atoms with van der Waals surface area (Å²) in [7, 11) is 0. The number of carbonyl (C=O) groups is 1. The molecule has 0 spiro atoms. The lowest BCUT2D eigenvalue weighted by Gasteiger charge is -2.34. The van der Waals surface area contributed by atoms with Gasteiger partial charge in [-0.1, -0.05) is 36.4 Å². The normalized spacial score (nSPS) is 20.2. The van der Waals surface area contributed by atoms with Crippen LogP contribution in [-0.2, 0) is 4.79 Å². The van der Waals surface area contributed by atoms with Gasteiger partial charge in [0.05, 0.1) is 5.92 Å². The van der Waals surface area contributed by atoms with Gasteiger partial charge in [0.25, 0.3) is 0 Å². The molecule has 3 heteroatoms. The molecule has 0 saturated carbocycles. The fraction of sp³-hybridized carbons (Fsp3) is 0.400. The van der Waals surface area contributed by atoms with Crippen molar-refractivity contribution in [2.45, 2.75) is 6.42 Å². The van der Waals surface area contributed by atoms with Crippen molar-refractivity contribution in [3.05, 3.63) is 42.0 Å².